The third-order valence-corrected chi connectivity index (χ3v) is 4.42. The average molecular weight is 412 g/mol. The molecule has 0 radical (unpaired) electrons. The van der Waals surface area contributed by atoms with E-state index in [0.29, 0.717) is 28.5 Å². The number of aromatic nitrogens is 2. The molecule has 3 rings (SSSR count). The van der Waals surface area contributed by atoms with Gasteiger partial charge in [0.05, 0.1) is 6.61 Å². The van der Waals surface area contributed by atoms with Crippen LogP contribution < -0.4 is 4.74 Å². The summed E-state index contributed by atoms with van der Waals surface area (Å²) in [5.74, 6) is 1.96. The largest absolute Gasteiger partial charge is 0.493 e. The summed E-state index contributed by atoms with van der Waals surface area (Å²) in [6.45, 7) is 0.529. The molecule has 0 N–H and O–H groups in total. The molecule has 2 aromatic carbocycles. The normalized spacial score (nSPS) is 10.7. The summed E-state index contributed by atoms with van der Waals surface area (Å²) in [4.78, 5) is 0. The van der Waals surface area contributed by atoms with Crippen molar-refractivity contribution >= 4 is 39.3 Å². The highest BCUT2D eigenvalue weighted by molar-refractivity contribution is 9.10. The first-order chi connectivity index (χ1) is 11.2. The molecule has 4 nitrogen and oxygen atoms in total. The molecular formula is C16H12BrClN2O2S. The second-order valence-electron chi connectivity index (χ2n) is 4.53. The van der Waals surface area contributed by atoms with Gasteiger partial charge in [-0.2, -0.15) is 0 Å². The lowest BCUT2D eigenvalue weighted by atomic mass is 10.2. The minimum atomic E-state index is 0.510. The van der Waals surface area contributed by atoms with Gasteiger partial charge in [-0.25, -0.2) is 0 Å². The van der Waals surface area contributed by atoms with Crippen molar-refractivity contribution in [2.24, 2.45) is 0 Å². The van der Waals surface area contributed by atoms with Crippen LogP contribution in [0.5, 0.6) is 5.75 Å². The zero-order valence-electron chi connectivity index (χ0n) is 11.9. The molecule has 0 spiro atoms. The van der Waals surface area contributed by atoms with Crippen molar-refractivity contribution in [3.8, 4) is 17.2 Å². The molecule has 1 heterocycles. The first-order valence-electron chi connectivity index (χ1n) is 6.81. The number of hydrogen-bond acceptors (Lipinski definition) is 5. The number of thioether (sulfide) groups is 1. The van der Waals surface area contributed by atoms with Crippen molar-refractivity contribution in [1.29, 1.82) is 0 Å². The zero-order chi connectivity index (χ0) is 16.1. The third-order valence-electron chi connectivity index (χ3n) is 2.87. The highest BCUT2D eigenvalue weighted by atomic mass is 79.9. The second kappa shape index (κ2) is 7.86. The molecule has 0 saturated heterocycles. The van der Waals surface area contributed by atoms with Crippen LogP contribution >= 0.6 is 39.3 Å². The second-order valence-corrected chi connectivity index (χ2v) is 6.93. The van der Waals surface area contributed by atoms with Gasteiger partial charge in [0.25, 0.3) is 5.22 Å². The van der Waals surface area contributed by atoms with E-state index < -0.39 is 0 Å². The maximum atomic E-state index is 5.90. The zero-order valence-corrected chi connectivity index (χ0v) is 15.1. The molecule has 0 unspecified atom stereocenters. The van der Waals surface area contributed by atoms with E-state index in [1.54, 1.807) is 6.07 Å². The van der Waals surface area contributed by atoms with Gasteiger partial charge in [-0.1, -0.05) is 45.4 Å². The van der Waals surface area contributed by atoms with Crippen molar-refractivity contribution in [3.05, 3.63) is 58.0 Å². The molecule has 0 atom stereocenters. The van der Waals surface area contributed by atoms with Gasteiger partial charge in [-0.15, -0.1) is 10.2 Å². The Bertz CT molecular complexity index is 780. The maximum absolute atomic E-state index is 5.90. The Morgan fingerprint density at radius 1 is 1.13 bits per heavy atom. The number of hydrogen-bond donors (Lipinski definition) is 0. The van der Waals surface area contributed by atoms with Crippen LogP contribution in [-0.2, 0) is 0 Å². The minimum absolute atomic E-state index is 0.510. The van der Waals surface area contributed by atoms with Crippen LogP contribution in [0, 0.1) is 0 Å². The van der Waals surface area contributed by atoms with Gasteiger partial charge in [0.1, 0.15) is 5.75 Å². The Hall–Kier alpha value is -1.50. The number of benzene rings is 2. The van der Waals surface area contributed by atoms with Gasteiger partial charge in [0, 0.05) is 20.8 Å². The van der Waals surface area contributed by atoms with Gasteiger partial charge >= 0.3 is 0 Å². The van der Waals surface area contributed by atoms with Crippen LogP contribution in [0.25, 0.3) is 11.5 Å². The van der Waals surface area contributed by atoms with E-state index in [4.69, 9.17) is 20.8 Å². The summed E-state index contributed by atoms with van der Waals surface area (Å²) in [6.07, 6.45) is 0. The fraction of sp³-hybridized carbons (Fsp3) is 0.125. The van der Waals surface area contributed by atoms with Crippen LogP contribution in [0.15, 0.2) is 62.6 Å². The van der Waals surface area contributed by atoms with E-state index in [1.165, 1.54) is 11.8 Å². The first-order valence-corrected chi connectivity index (χ1v) is 8.97. The van der Waals surface area contributed by atoms with Gasteiger partial charge < -0.3 is 9.15 Å². The van der Waals surface area contributed by atoms with E-state index in [9.17, 15) is 0 Å². The van der Waals surface area contributed by atoms with Crippen molar-refractivity contribution in [2.75, 3.05) is 12.4 Å². The fourth-order valence-electron chi connectivity index (χ4n) is 1.82. The molecule has 0 fully saturated rings. The Morgan fingerprint density at radius 2 is 1.96 bits per heavy atom. The SMILES string of the molecule is Clc1cccc(OCCSc2nnc(-c3ccc(Br)cc3)o2)c1. The number of halogens is 2. The lowest BCUT2D eigenvalue weighted by Crippen LogP contribution is -1.99. The highest BCUT2D eigenvalue weighted by Crippen LogP contribution is 2.24. The van der Waals surface area contributed by atoms with Gasteiger partial charge in [-0.05, 0) is 42.5 Å². The van der Waals surface area contributed by atoms with Crippen molar-refractivity contribution in [2.45, 2.75) is 5.22 Å². The predicted octanol–water partition coefficient (Wildman–Crippen LogP) is 5.32. The number of rotatable bonds is 6. The molecule has 0 aliphatic rings. The van der Waals surface area contributed by atoms with Gasteiger partial charge in [0.15, 0.2) is 0 Å². The summed E-state index contributed by atoms with van der Waals surface area (Å²) in [7, 11) is 0. The Kier molecular flexibility index (Phi) is 5.59. The van der Waals surface area contributed by atoms with Crippen LogP contribution in [0.2, 0.25) is 5.02 Å². The molecule has 0 bridgehead atoms. The summed E-state index contributed by atoms with van der Waals surface area (Å²) >= 11 is 10.8. The lowest BCUT2D eigenvalue weighted by Gasteiger charge is -2.04. The number of nitrogens with zero attached hydrogens (tertiary/aromatic N) is 2. The highest BCUT2D eigenvalue weighted by Gasteiger charge is 2.09. The fourth-order valence-corrected chi connectivity index (χ4v) is 2.84. The van der Waals surface area contributed by atoms with Crippen molar-refractivity contribution in [3.63, 3.8) is 0 Å². The Morgan fingerprint density at radius 3 is 2.74 bits per heavy atom. The van der Waals surface area contributed by atoms with Gasteiger partial charge in [-0.3, -0.25) is 0 Å². The monoisotopic (exact) mass is 410 g/mol. The van der Waals surface area contributed by atoms with Crippen molar-refractivity contribution < 1.29 is 9.15 Å². The topological polar surface area (TPSA) is 48.2 Å². The summed E-state index contributed by atoms with van der Waals surface area (Å²) in [5, 5.41) is 9.27. The predicted molar refractivity (Wildman–Crippen MR) is 95.1 cm³/mol. The molecule has 1 aromatic heterocycles. The standard InChI is InChI=1S/C16H12BrClN2O2S/c17-12-6-4-11(5-7-12)15-19-20-16(22-15)23-9-8-21-14-3-1-2-13(18)10-14/h1-7,10H,8-9H2. The number of ether oxygens (including phenoxy) is 1. The molecule has 118 valence electrons. The maximum Gasteiger partial charge on any atom is 0.276 e. The van der Waals surface area contributed by atoms with Crippen LogP contribution in [-0.4, -0.2) is 22.6 Å². The van der Waals surface area contributed by atoms with E-state index in [2.05, 4.69) is 26.1 Å². The minimum Gasteiger partial charge on any atom is -0.493 e. The molecule has 0 aliphatic heterocycles. The smallest absolute Gasteiger partial charge is 0.276 e. The average Bonchev–Trinajstić information content (AvgIpc) is 3.01. The van der Waals surface area contributed by atoms with Crippen molar-refractivity contribution in [1.82, 2.24) is 10.2 Å². The molecule has 0 saturated carbocycles. The summed E-state index contributed by atoms with van der Waals surface area (Å²) in [5.41, 5.74) is 0.891. The van der Waals surface area contributed by atoms with Crippen LogP contribution in [0.3, 0.4) is 0 Å². The van der Waals surface area contributed by atoms with Crippen LogP contribution in [0.4, 0.5) is 0 Å². The molecule has 7 heteroatoms. The molecular weight excluding hydrogens is 400 g/mol. The lowest BCUT2D eigenvalue weighted by molar-refractivity contribution is 0.343. The van der Waals surface area contributed by atoms with E-state index in [-0.39, 0.29) is 0 Å². The molecule has 23 heavy (non-hydrogen) atoms. The summed E-state index contributed by atoms with van der Waals surface area (Å²) < 4.78 is 12.3. The van der Waals surface area contributed by atoms with Crippen LogP contribution in [0.1, 0.15) is 0 Å². The van der Waals surface area contributed by atoms with E-state index in [1.807, 2.05) is 42.5 Å². The first kappa shape index (κ1) is 16.4. The Balaban J connectivity index is 1.50. The molecule has 0 aliphatic carbocycles. The summed E-state index contributed by atoms with van der Waals surface area (Å²) in [6, 6.07) is 15.0. The van der Waals surface area contributed by atoms with Gasteiger partial charge in [0.2, 0.25) is 5.89 Å². The van der Waals surface area contributed by atoms with E-state index >= 15 is 0 Å². The Labute approximate surface area is 151 Å². The quantitative estimate of drug-likeness (QED) is 0.405. The van der Waals surface area contributed by atoms with E-state index in [0.717, 1.165) is 15.8 Å². The molecule has 0 amide bonds. The molecule has 3 aromatic rings. The third kappa shape index (κ3) is 4.73.